The van der Waals surface area contributed by atoms with Gasteiger partial charge in [0.1, 0.15) is 71.2 Å². The third kappa shape index (κ3) is 12.0. The van der Waals surface area contributed by atoms with Gasteiger partial charge in [0.2, 0.25) is 47.1 Å². The minimum absolute atomic E-state index is 0.0239. The van der Waals surface area contributed by atoms with Crippen molar-refractivity contribution in [3.63, 3.8) is 0 Å². The molecule has 0 saturated heterocycles. The molecular formula is C53H54Cl2N8O16. The van der Waals surface area contributed by atoms with Crippen LogP contribution in [-0.4, -0.2) is 115 Å². The first-order valence-electron chi connectivity index (χ1n) is 24.4. The maximum Gasteiger partial charge on any atom is 0.248 e. The van der Waals surface area contributed by atoms with E-state index in [9.17, 15) is 64.5 Å². The molecule has 416 valence electrons. The Morgan fingerprint density at radius 1 is 0.646 bits per heavy atom. The Kier molecular flexibility index (Phi) is 16.7. The average molecular weight is 1130 g/mol. The molecule has 16 N–H and O–H groups in total. The molecule has 24 nitrogen and oxygen atoms in total. The SMILES string of the molecule is CN[C@H](CC(C)C)C(=O)N[C@H]1C(=O)N[C@@H](CC(N)=O)C(=O)N[C@H]2C(=O)N[C@H]3C(=O)N[C@H](C(=O)N[C@H](CO)c4cc(O)cc(O)c4-c4cc3ccc4O)[C@H](O)c3ccc(c(Cl)c3)Oc3cc2cc(c3O)Oc2ccc(cc2Cl)[C@H]1O. The van der Waals surface area contributed by atoms with E-state index in [2.05, 4.69) is 37.2 Å². The van der Waals surface area contributed by atoms with Gasteiger partial charge < -0.3 is 88.2 Å². The van der Waals surface area contributed by atoms with Gasteiger partial charge in [-0.1, -0.05) is 55.2 Å². The highest BCUT2D eigenvalue weighted by Crippen LogP contribution is 2.47. The fourth-order valence-electron chi connectivity index (χ4n) is 9.37. The number of hydrogen-bond donors (Lipinski definition) is 15. The van der Waals surface area contributed by atoms with Crippen LogP contribution in [0.4, 0.5) is 0 Å². The van der Waals surface area contributed by atoms with E-state index in [0.717, 1.165) is 36.4 Å². The van der Waals surface area contributed by atoms with E-state index in [1.807, 2.05) is 13.8 Å². The number of nitrogens with one attached hydrogen (secondary N) is 7. The van der Waals surface area contributed by atoms with Crippen LogP contribution in [0.25, 0.3) is 11.1 Å². The maximum absolute atomic E-state index is 15.4. The number of benzene rings is 5. The molecule has 7 amide bonds. The number of hydrogen-bond acceptors (Lipinski definition) is 17. The number of likely N-dealkylation sites (N-methyl/N-ethyl adjacent to an activating group) is 1. The van der Waals surface area contributed by atoms with Gasteiger partial charge in [0.25, 0.3) is 0 Å². The van der Waals surface area contributed by atoms with Crippen molar-refractivity contribution in [3.8, 4) is 57.1 Å². The normalized spacial score (nSPS) is 22.6. The van der Waals surface area contributed by atoms with E-state index in [4.69, 9.17) is 38.4 Å². The van der Waals surface area contributed by atoms with E-state index < -0.39 is 143 Å². The molecule has 0 aliphatic carbocycles. The molecule has 5 aromatic carbocycles. The number of primary amides is 1. The monoisotopic (exact) mass is 1130 g/mol. The summed E-state index contributed by atoms with van der Waals surface area (Å²) in [6.07, 6.45) is -4.60. The lowest BCUT2D eigenvalue weighted by atomic mass is 9.89. The summed E-state index contributed by atoms with van der Waals surface area (Å²) in [5.74, 6) is -12.2. The first-order chi connectivity index (χ1) is 37.5. The van der Waals surface area contributed by atoms with Crippen LogP contribution in [-0.2, 0) is 33.6 Å². The zero-order valence-electron chi connectivity index (χ0n) is 42.0. The van der Waals surface area contributed by atoms with Crippen LogP contribution in [0.1, 0.15) is 84.8 Å². The molecule has 0 spiro atoms. The lowest BCUT2D eigenvalue weighted by Gasteiger charge is -2.31. The fourth-order valence-corrected chi connectivity index (χ4v) is 9.82. The minimum Gasteiger partial charge on any atom is -0.508 e. The van der Waals surface area contributed by atoms with Gasteiger partial charge in [0.05, 0.1) is 35.2 Å². The number of aliphatic hydroxyl groups excluding tert-OH is 3. The highest BCUT2D eigenvalue weighted by molar-refractivity contribution is 6.32. The number of rotatable bonds is 8. The Morgan fingerprint density at radius 2 is 1.22 bits per heavy atom. The smallest absolute Gasteiger partial charge is 0.248 e. The predicted molar refractivity (Wildman–Crippen MR) is 280 cm³/mol. The molecule has 5 aliphatic heterocycles. The van der Waals surface area contributed by atoms with Crippen molar-refractivity contribution in [1.29, 1.82) is 0 Å². The molecule has 5 aromatic rings. The number of carbonyl (C=O) groups is 7. The van der Waals surface area contributed by atoms with Crippen LogP contribution >= 0.6 is 23.2 Å². The van der Waals surface area contributed by atoms with Gasteiger partial charge in [-0.05, 0) is 102 Å². The van der Waals surface area contributed by atoms with E-state index in [1.54, 1.807) is 0 Å². The van der Waals surface area contributed by atoms with E-state index >= 15 is 4.79 Å². The van der Waals surface area contributed by atoms with Gasteiger partial charge in [0, 0.05) is 17.2 Å². The second-order valence-electron chi connectivity index (χ2n) is 19.3. The van der Waals surface area contributed by atoms with Gasteiger partial charge >= 0.3 is 0 Å². The number of aliphatic hydroxyl groups is 3. The Morgan fingerprint density at radius 3 is 1.80 bits per heavy atom. The largest absolute Gasteiger partial charge is 0.508 e. The summed E-state index contributed by atoms with van der Waals surface area (Å²) >= 11 is 13.5. The van der Waals surface area contributed by atoms with Crippen LogP contribution in [0.3, 0.4) is 0 Å². The topological polar surface area (TPSA) is 390 Å². The molecule has 9 atom stereocenters. The average Bonchev–Trinajstić information content (AvgIpc) is 3.43. The lowest BCUT2D eigenvalue weighted by Crippen LogP contribution is -2.59. The van der Waals surface area contributed by atoms with Crippen LogP contribution < -0.4 is 52.4 Å². The Bertz CT molecular complexity index is 3290. The van der Waals surface area contributed by atoms with Crippen molar-refractivity contribution < 1.29 is 78.8 Å². The quantitative estimate of drug-likeness (QED) is 0.106. The zero-order valence-corrected chi connectivity index (χ0v) is 43.6. The highest BCUT2D eigenvalue weighted by atomic mass is 35.5. The maximum atomic E-state index is 15.4. The first-order valence-corrected chi connectivity index (χ1v) is 25.2. The number of phenolic OH excluding ortho intramolecular Hbond substituents is 4. The molecular weight excluding hydrogens is 1080 g/mol. The molecule has 0 unspecified atom stereocenters. The number of carbonyl (C=O) groups excluding carboxylic acids is 7. The van der Waals surface area contributed by atoms with E-state index in [-0.39, 0.29) is 72.8 Å². The zero-order chi connectivity index (χ0) is 57.3. The number of halogens is 2. The Hall–Kier alpha value is -8.39. The molecule has 79 heavy (non-hydrogen) atoms. The third-order valence-corrected chi connectivity index (χ3v) is 14.0. The molecule has 5 aliphatic rings. The molecule has 26 heteroatoms. The fraction of sp³-hybridized carbons (Fsp3) is 0.302. The van der Waals surface area contributed by atoms with Crippen molar-refractivity contribution in [2.24, 2.45) is 11.7 Å². The van der Waals surface area contributed by atoms with Crippen molar-refractivity contribution >= 4 is 64.6 Å². The van der Waals surface area contributed by atoms with Crippen molar-refractivity contribution in [2.45, 2.75) is 81.2 Å². The lowest BCUT2D eigenvalue weighted by molar-refractivity contribution is -0.137. The second-order valence-corrected chi connectivity index (χ2v) is 20.2. The molecule has 0 radical (unpaired) electrons. The molecule has 0 saturated carbocycles. The summed E-state index contributed by atoms with van der Waals surface area (Å²) in [5.41, 5.74) is 4.27. The van der Waals surface area contributed by atoms with E-state index in [0.29, 0.717) is 0 Å². The number of phenols is 4. The van der Waals surface area contributed by atoms with Crippen LogP contribution in [0.15, 0.2) is 78.9 Å². The number of ether oxygens (including phenoxy) is 2. The Labute approximate surface area is 459 Å². The Balaban J connectivity index is 1.35. The molecule has 0 fully saturated rings. The standard InChI is InChI=1S/C53H54Cl2N8O16/c1-20(2)10-30(57-3)48(72)62-43-45(69)22-5-8-35(28(54)12-22)78-37-14-24-15-38(47(37)71)79-36-9-6-23(13-29(36)55)46(70)44-53(77)59-32(19-64)26-16-25(65)17-34(67)40(26)27-11-21(4-7-33(27)66)41(50(74)63-44)61-51(75)42(24)60-49(73)31(18-39(56)68)58-52(43)76/h4-9,11-17,20,30-32,41-46,57,64-67,69-71H,10,18-19H2,1-3H3,(H2,56,68)(H,58,76)(H,59,77)(H,60,73)(H,61,75)(H,62,72)(H,63,74)/t30-,31+,32-,41-,42-,43-,44+,45-,46-/m1/s1. The second kappa shape index (κ2) is 23.3. The summed E-state index contributed by atoms with van der Waals surface area (Å²) in [7, 11) is 1.51. The number of fused-ring (bicyclic) bond motifs is 15. The predicted octanol–water partition coefficient (Wildman–Crippen LogP) is 2.30. The molecule has 10 rings (SSSR count). The number of nitrogens with two attached hydrogens (primary N) is 1. The summed E-state index contributed by atoms with van der Waals surface area (Å²) in [6.45, 7) is 2.80. The summed E-state index contributed by atoms with van der Waals surface area (Å²) in [5, 5.41) is 97.0. The minimum atomic E-state index is -2.12. The summed E-state index contributed by atoms with van der Waals surface area (Å²) in [6, 6.07) is 2.43. The molecule has 0 aromatic heterocycles. The van der Waals surface area contributed by atoms with Crippen LogP contribution in [0.5, 0.6) is 46.0 Å². The van der Waals surface area contributed by atoms with E-state index in [1.165, 1.54) is 49.5 Å². The molecule has 5 heterocycles. The van der Waals surface area contributed by atoms with Crippen molar-refractivity contribution in [1.82, 2.24) is 37.2 Å². The van der Waals surface area contributed by atoms with Gasteiger partial charge in [-0.25, -0.2) is 0 Å². The first kappa shape index (κ1) is 56.8. The van der Waals surface area contributed by atoms with Crippen LogP contribution in [0.2, 0.25) is 10.0 Å². The highest BCUT2D eigenvalue weighted by Gasteiger charge is 2.41. The summed E-state index contributed by atoms with van der Waals surface area (Å²) < 4.78 is 12.3. The van der Waals surface area contributed by atoms with Gasteiger partial charge in [-0.2, -0.15) is 0 Å². The third-order valence-electron chi connectivity index (χ3n) is 13.4. The van der Waals surface area contributed by atoms with Crippen molar-refractivity contribution in [2.75, 3.05) is 13.7 Å². The van der Waals surface area contributed by atoms with Gasteiger partial charge in [-0.15, -0.1) is 0 Å². The molecule has 11 bridgehead atoms. The number of aromatic hydroxyl groups is 4. The van der Waals surface area contributed by atoms with Crippen LogP contribution in [0, 0.1) is 5.92 Å². The van der Waals surface area contributed by atoms with Gasteiger partial charge in [0.15, 0.2) is 11.5 Å². The number of amides is 7. The van der Waals surface area contributed by atoms with Gasteiger partial charge in [-0.3, -0.25) is 33.6 Å². The summed E-state index contributed by atoms with van der Waals surface area (Å²) in [4.78, 5) is 101. The van der Waals surface area contributed by atoms with Crippen molar-refractivity contribution in [3.05, 3.63) is 117 Å².